The summed E-state index contributed by atoms with van der Waals surface area (Å²) >= 11 is 0. The van der Waals surface area contributed by atoms with Crippen molar-refractivity contribution in [2.45, 2.75) is 18.3 Å². The van der Waals surface area contributed by atoms with E-state index in [1.165, 1.54) is 0 Å². The fourth-order valence-electron chi connectivity index (χ4n) is 2.78. The maximum Gasteiger partial charge on any atom is 0.277 e. The van der Waals surface area contributed by atoms with Crippen LogP contribution in [-0.2, 0) is 5.41 Å². The average Bonchev–Trinajstić information content (AvgIpc) is 3.30. The number of benzene rings is 2. The molecule has 0 saturated heterocycles. The Kier molecular flexibility index (Phi) is 3.58. The Balaban J connectivity index is 1.47. The molecular formula is C20H15N3O2. The van der Waals surface area contributed by atoms with Crippen LogP contribution < -0.4 is 5.32 Å². The summed E-state index contributed by atoms with van der Waals surface area (Å²) in [5.74, 6) is 0.214. The molecule has 2 aromatic carbocycles. The Morgan fingerprint density at radius 3 is 2.48 bits per heavy atom. The standard InChI is InChI=1S/C20H15N3O2/c21-13-20(10-11-20)15-6-8-16(9-7-15)22-19(24)17-12-18(25-23-17)14-4-2-1-3-5-14/h1-9,12H,10-11H2,(H,22,24). The Bertz CT molecular complexity index is 949. The van der Waals surface area contributed by atoms with Crippen LogP contribution in [0.2, 0.25) is 0 Å². The average molecular weight is 329 g/mol. The van der Waals surface area contributed by atoms with E-state index in [4.69, 9.17) is 4.52 Å². The molecule has 1 saturated carbocycles. The van der Waals surface area contributed by atoms with Crippen molar-refractivity contribution in [3.05, 3.63) is 71.9 Å². The molecule has 3 aromatic rings. The topological polar surface area (TPSA) is 78.9 Å². The first-order valence-corrected chi connectivity index (χ1v) is 8.05. The monoisotopic (exact) mass is 329 g/mol. The summed E-state index contributed by atoms with van der Waals surface area (Å²) in [6.07, 6.45) is 1.80. The Hall–Kier alpha value is -3.39. The molecule has 4 rings (SSSR count). The summed E-state index contributed by atoms with van der Waals surface area (Å²) < 4.78 is 5.25. The van der Waals surface area contributed by atoms with Gasteiger partial charge in [0.1, 0.15) is 0 Å². The van der Waals surface area contributed by atoms with Crippen LogP contribution >= 0.6 is 0 Å². The molecule has 0 radical (unpaired) electrons. The summed E-state index contributed by atoms with van der Waals surface area (Å²) in [5, 5.41) is 15.9. The van der Waals surface area contributed by atoms with Gasteiger partial charge in [-0.1, -0.05) is 47.6 Å². The molecule has 122 valence electrons. The van der Waals surface area contributed by atoms with Crippen molar-refractivity contribution in [3.63, 3.8) is 0 Å². The van der Waals surface area contributed by atoms with Crippen molar-refractivity contribution >= 4 is 11.6 Å². The van der Waals surface area contributed by atoms with Crippen LogP contribution in [0, 0.1) is 11.3 Å². The molecule has 25 heavy (non-hydrogen) atoms. The van der Waals surface area contributed by atoms with Gasteiger partial charge in [-0.05, 0) is 30.5 Å². The molecular weight excluding hydrogens is 314 g/mol. The van der Waals surface area contributed by atoms with Gasteiger partial charge in [-0.15, -0.1) is 0 Å². The van der Waals surface area contributed by atoms with Crippen molar-refractivity contribution in [2.75, 3.05) is 5.32 Å². The quantitative estimate of drug-likeness (QED) is 0.780. The van der Waals surface area contributed by atoms with E-state index in [-0.39, 0.29) is 17.0 Å². The van der Waals surface area contributed by atoms with Gasteiger partial charge in [-0.25, -0.2) is 0 Å². The van der Waals surface area contributed by atoms with Gasteiger partial charge in [0.2, 0.25) is 0 Å². The third kappa shape index (κ3) is 2.90. The first kappa shape index (κ1) is 15.2. The van der Waals surface area contributed by atoms with Gasteiger partial charge >= 0.3 is 0 Å². The zero-order chi connectivity index (χ0) is 17.3. The number of carbonyl (C=O) groups is 1. The van der Waals surface area contributed by atoms with Crippen LogP contribution in [0.5, 0.6) is 0 Å². The molecule has 1 aliphatic rings. The number of nitrogens with zero attached hydrogens (tertiary/aromatic N) is 2. The first-order valence-electron chi connectivity index (χ1n) is 8.05. The van der Waals surface area contributed by atoms with Gasteiger partial charge < -0.3 is 9.84 Å². The second-order valence-electron chi connectivity index (χ2n) is 6.17. The zero-order valence-corrected chi connectivity index (χ0v) is 13.4. The minimum absolute atomic E-state index is 0.221. The molecule has 1 aliphatic carbocycles. The van der Waals surface area contributed by atoms with E-state index in [0.717, 1.165) is 24.0 Å². The number of anilines is 1. The third-order valence-corrected chi connectivity index (χ3v) is 4.46. The molecule has 1 N–H and O–H groups in total. The minimum atomic E-state index is -0.333. The molecule has 0 unspecified atom stereocenters. The number of hydrogen-bond acceptors (Lipinski definition) is 4. The molecule has 5 heteroatoms. The molecule has 5 nitrogen and oxygen atoms in total. The highest BCUT2D eigenvalue weighted by atomic mass is 16.5. The molecule has 1 amide bonds. The lowest BCUT2D eigenvalue weighted by Crippen LogP contribution is -2.12. The van der Waals surface area contributed by atoms with E-state index in [1.54, 1.807) is 6.07 Å². The SMILES string of the molecule is N#CC1(c2ccc(NC(=O)c3cc(-c4ccccc4)on3)cc2)CC1. The Morgan fingerprint density at radius 1 is 1.12 bits per heavy atom. The van der Waals surface area contributed by atoms with E-state index < -0.39 is 0 Å². The highest BCUT2D eigenvalue weighted by Gasteiger charge is 2.44. The lowest BCUT2D eigenvalue weighted by molar-refractivity contribution is 0.101. The molecule has 0 bridgehead atoms. The molecule has 0 atom stereocenters. The highest BCUT2D eigenvalue weighted by Crippen LogP contribution is 2.47. The second kappa shape index (κ2) is 5.91. The van der Waals surface area contributed by atoms with Crippen LogP contribution in [0.1, 0.15) is 28.9 Å². The number of rotatable bonds is 4. The van der Waals surface area contributed by atoms with Crippen molar-refractivity contribution < 1.29 is 9.32 Å². The van der Waals surface area contributed by atoms with Crippen molar-refractivity contribution in [1.29, 1.82) is 5.26 Å². The zero-order valence-electron chi connectivity index (χ0n) is 13.4. The highest BCUT2D eigenvalue weighted by molar-refractivity contribution is 6.03. The van der Waals surface area contributed by atoms with Crippen LogP contribution in [0.25, 0.3) is 11.3 Å². The number of carbonyl (C=O) groups excluding carboxylic acids is 1. The largest absolute Gasteiger partial charge is 0.355 e. The normalized spacial score (nSPS) is 14.5. The summed E-state index contributed by atoms with van der Waals surface area (Å²) in [5.41, 5.74) is 2.43. The van der Waals surface area contributed by atoms with Gasteiger partial charge in [0.15, 0.2) is 11.5 Å². The van der Waals surface area contributed by atoms with E-state index in [2.05, 4.69) is 16.5 Å². The van der Waals surface area contributed by atoms with Crippen molar-refractivity contribution in [1.82, 2.24) is 5.16 Å². The molecule has 0 spiro atoms. The number of aromatic nitrogens is 1. The van der Waals surface area contributed by atoms with Gasteiger partial charge in [-0.2, -0.15) is 5.26 Å². The van der Waals surface area contributed by atoms with Gasteiger partial charge in [0.05, 0.1) is 11.5 Å². The number of hydrogen-bond donors (Lipinski definition) is 1. The van der Waals surface area contributed by atoms with E-state index in [0.29, 0.717) is 11.4 Å². The van der Waals surface area contributed by atoms with Gasteiger partial charge in [-0.3, -0.25) is 4.79 Å². The van der Waals surface area contributed by atoms with Crippen LogP contribution in [-0.4, -0.2) is 11.1 Å². The summed E-state index contributed by atoms with van der Waals surface area (Å²) in [4.78, 5) is 12.3. The molecule has 1 heterocycles. The Morgan fingerprint density at radius 2 is 1.84 bits per heavy atom. The van der Waals surface area contributed by atoms with Gasteiger partial charge in [0, 0.05) is 17.3 Å². The number of nitrogens with one attached hydrogen (secondary N) is 1. The summed E-state index contributed by atoms with van der Waals surface area (Å²) in [6, 6.07) is 20.9. The smallest absolute Gasteiger partial charge is 0.277 e. The molecule has 1 fully saturated rings. The fraction of sp³-hybridized carbons (Fsp3) is 0.150. The van der Waals surface area contributed by atoms with E-state index >= 15 is 0 Å². The lowest BCUT2D eigenvalue weighted by atomic mass is 9.98. The Labute approximate surface area is 144 Å². The van der Waals surface area contributed by atoms with E-state index in [9.17, 15) is 10.1 Å². The number of nitriles is 1. The predicted molar refractivity (Wildman–Crippen MR) is 92.9 cm³/mol. The van der Waals surface area contributed by atoms with Crippen LogP contribution in [0.3, 0.4) is 0 Å². The predicted octanol–water partition coefficient (Wildman–Crippen LogP) is 4.15. The minimum Gasteiger partial charge on any atom is -0.355 e. The van der Waals surface area contributed by atoms with Crippen LogP contribution in [0.4, 0.5) is 5.69 Å². The third-order valence-electron chi connectivity index (χ3n) is 4.46. The van der Waals surface area contributed by atoms with Gasteiger partial charge in [0.25, 0.3) is 5.91 Å². The summed E-state index contributed by atoms with van der Waals surface area (Å²) in [7, 11) is 0. The van der Waals surface area contributed by atoms with Crippen LogP contribution in [0.15, 0.2) is 65.2 Å². The lowest BCUT2D eigenvalue weighted by Gasteiger charge is -2.08. The second-order valence-corrected chi connectivity index (χ2v) is 6.17. The van der Waals surface area contributed by atoms with Crippen molar-refractivity contribution in [3.8, 4) is 17.4 Å². The van der Waals surface area contributed by atoms with Crippen molar-refractivity contribution in [2.24, 2.45) is 0 Å². The summed E-state index contributed by atoms with van der Waals surface area (Å²) in [6.45, 7) is 0. The maximum atomic E-state index is 12.3. The molecule has 0 aliphatic heterocycles. The fourth-order valence-corrected chi connectivity index (χ4v) is 2.78. The number of amides is 1. The maximum absolute atomic E-state index is 12.3. The van der Waals surface area contributed by atoms with E-state index in [1.807, 2.05) is 54.6 Å². The first-order chi connectivity index (χ1) is 12.2. The molecule has 1 aromatic heterocycles.